The monoisotopic (exact) mass is 182 g/mol. The molecule has 0 spiro atoms. The van der Waals surface area contributed by atoms with Crippen LogP contribution in [0.4, 0.5) is 6.01 Å². The summed E-state index contributed by atoms with van der Waals surface area (Å²) in [5, 5.41) is 10.7. The van der Waals surface area contributed by atoms with Crippen molar-refractivity contribution in [3.05, 3.63) is 5.89 Å². The molecule has 1 heterocycles. The Balaban J connectivity index is 1.88. The molecule has 0 saturated heterocycles. The number of nitrogens with zero attached hydrogens (tertiary/aromatic N) is 2. The van der Waals surface area contributed by atoms with Gasteiger partial charge in [-0.2, -0.15) is 0 Å². The summed E-state index contributed by atoms with van der Waals surface area (Å²) >= 11 is 0. The molecule has 0 amide bonds. The minimum atomic E-state index is -0.191. The van der Waals surface area contributed by atoms with Gasteiger partial charge in [-0.05, 0) is 25.7 Å². The molecule has 0 aromatic carbocycles. The summed E-state index contributed by atoms with van der Waals surface area (Å²) in [4.78, 5) is 0. The van der Waals surface area contributed by atoms with Crippen molar-refractivity contribution in [1.29, 1.82) is 0 Å². The van der Waals surface area contributed by atoms with Crippen LogP contribution in [-0.2, 0) is 0 Å². The third kappa shape index (κ3) is 2.18. The van der Waals surface area contributed by atoms with E-state index in [2.05, 4.69) is 15.5 Å². The van der Waals surface area contributed by atoms with Gasteiger partial charge in [-0.15, -0.1) is 5.10 Å². The van der Waals surface area contributed by atoms with Crippen molar-refractivity contribution in [2.24, 2.45) is 11.7 Å². The van der Waals surface area contributed by atoms with Gasteiger partial charge >= 0.3 is 6.01 Å². The normalized spacial score (nSPS) is 18.6. The van der Waals surface area contributed by atoms with Crippen LogP contribution in [0.2, 0.25) is 0 Å². The summed E-state index contributed by atoms with van der Waals surface area (Å²) in [5.74, 6) is 1.28. The second kappa shape index (κ2) is 3.33. The molecule has 1 aromatic rings. The zero-order valence-electron chi connectivity index (χ0n) is 7.66. The Morgan fingerprint density at radius 3 is 2.92 bits per heavy atom. The number of nitrogens with one attached hydrogen (secondary N) is 1. The molecule has 5 nitrogen and oxygen atoms in total. The molecule has 1 fully saturated rings. The van der Waals surface area contributed by atoms with Crippen molar-refractivity contribution >= 4 is 6.01 Å². The number of hydrogen-bond acceptors (Lipinski definition) is 5. The first-order chi connectivity index (χ1) is 6.25. The summed E-state index contributed by atoms with van der Waals surface area (Å²) in [6, 6.07) is 0.295. The van der Waals surface area contributed by atoms with Crippen LogP contribution >= 0.6 is 0 Å². The van der Waals surface area contributed by atoms with Crippen molar-refractivity contribution in [2.45, 2.75) is 25.8 Å². The summed E-state index contributed by atoms with van der Waals surface area (Å²) < 4.78 is 5.26. The van der Waals surface area contributed by atoms with Crippen LogP contribution in [0.15, 0.2) is 4.42 Å². The molecule has 72 valence electrons. The van der Waals surface area contributed by atoms with E-state index >= 15 is 0 Å². The molecular formula is C8H14N4O. The number of aromatic nitrogens is 2. The van der Waals surface area contributed by atoms with Gasteiger partial charge in [0.05, 0.1) is 6.04 Å². The van der Waals surface area contributed by atoms with E-state index in [0.29, 0.717) is 11.9 Å². The molecule has 1 atom stereocenters. The van der Waals surface area contributed by atoms with Gasteiger partial charge in [-0.1, -0.05) is 5.10 Å². The maximum atomic E-state index is 5.57. The van der Waals surface area contributed by atoms with Gasteiger partial charge in [0, 0.05) is 6.54 Å². The average Bonchev–Trinajstić information content (AvgIpc) is 2.79. The van der Waals surface area contributed by atoms with E-state index in [1.54, 1.807) is 0 Å². The average molecular weight is 182 g/mol. The molecule has 1 aromatic heterocycles. The maximum absolute atomic E-state index is 5.57. The highest BCUT2D eigenvalue weighted by Crippen LogP contribution is 2.28. The first-order valence-corrected chi connectivity index (χ1v) is 4.58. The quantitative estimate of drug-likeness (QED) is 0.723. The largest absolute Gasteiger partial charge is 0.406 e. The van der Waals surface area contributed by atoms with E-state index in [-0.39, 0.29) is 6.04 Å². The van der Waals surface area contributed by atoms with Gasteiger partial charge in [0.2, 0.25) is 5.89 Å². The molecule has 0 bridgehead atoms. The molecule has 13 heavy (non-hydrogen) atoms. The van der Waals surface area contributed by atoms with Crippen LogP contribution in [0.5, 0.6) is 0 Å². The lowest BCUT2D eigenvalue weighted by atomic mass is 10.4. The fourth-order valence-electron chi connectivity index (χ4n) is 1.04. The van der Waals surface area contributed by atoms with Crippen LogP contribution in [0.1, 0.15) is 31.7 Å². The molecule has 1 aliphatic carbocycles. The minimum absolute atomic E-state index is 0.191. The van der Waals surface area contributed by atoms with Gasteiger partial charge < -0.3 is 15.5 Å². The predicted octanol–water partition coefficient (Wildman–Crippen LogP) is 0.911. The second-order valence-electron chi connectivity index (χ2n) is 3.56. The second-order valence-corrected chi connectivity index (χ2v) is 3.56. The van der Waals surface area contributed by atoms with E-state index < -0.39 is 0 Å². The Morgan fingerprint density at radius 1 is 1.62 bits per heavy atom. The lowest BCUT2D eigenvalue weighted by Gasteiger charge is -1.97. The Bertz CT molecular complexity index is 279. The topological polar surface area (TPSA) is 77.0 Å². The number of rotatable bonds is 4. The van der Waals surface area contributed by atoms with Crippen LogP contribution in [0.25, 0.3) is 0 Å². The SMILES string of the molecule is CC(N)c1nnc(NCC2CC2)o1. The van der Waals surface area contributed by atoms with Crippen molar-refractivity contribution in [2.75, 3.05) is 11.9 Å². The van der Waals surface area contributed by atoms with Gasteiger partial charge in [-0.3, -0.25) is 0 Å². The summed E-state index contributed by atoms with van der Waals surface area (Å²) in [6.07, 6.45) is 2.61. The highest BCUT2D eigenvalue weighted by atomic mass is 16.4. The van der Waals surface area contributed by atoms with Crippen LogP contribution in [0, 0.1) is 5.92 Å². The van der Waals surface area contributed by atoms with Crippen LogP contribution in [0.3, 0.4) is 0 Å². The molecule has 1 aliphatic rings. The molecular weight excluding hydrogens is 168 g/mol. The zero-order valence-corrected chi connectivity index (χ0v) is 7.66. The molecule has 5 heteroatoms. The standard InChI is InChI=1S/C8H14N4O/c1-5(9)7-11-12-8(13-7)10-4-6-2-3-6/h5-6H,2-4,9H2,1H3,(H,10,12). The molecule has 0 aliphatic heterocycles. The summed E-state index contributed by atoms with van der Waals surface area (Å²) in [5.41, 5.74) is 5.57. The molecule has 2 rings (SSSR count). The smallest absolute Gasteiger partial charge is 0.315 e. The number of hydrogen-bond donors (Lipinski definition) is 2. The van der Waals surface area contributed by atoms with Gasteiger partial charge in [0.1, 0.15) is 0 Å². The Kier molecular flexibility index (Phi) is 2.18. The van der Waals surface area contributed by atoms with Crippen molar-refractivity contribution in [3.63, 3.8) is 0 Å². The molecule has 3 N–H and O–H groups in total. The molecule has 1 saturated carbocycles. The van der Waals surface area contributed by atoms with Gasteiger partial charge in [0.25, 0.3) is 0 Å². The number of anilines is 1. The Labute approximate surface area is 76.7 Å². The first-order valence-electron chi connectivity index (χ1n) is 4.58. The predicted molar refractivity (Wildman–Crippen MR) is 48.1 cm³/mol. The van der Waals surface area contributed by atoms with E-state index in [1.165, 1.54) is 12.8 Å². The first kappa shape index (κ1) is 8.50. The van der Waals surface area contributed by atoms with Gasteiger partial charge in [0.15, 0.2) is 0 Å². The van der Waals surface area contributed by atoms with Crippen molar-refractivity contribution in [1.82, 2.24) is 10.2 Å². The lowest BCUT2D eigenvalue weighted by molar-refractivity contribution is 0.472. The molecule has 1 unspecified atom stereocenters. The minimum Gasteiger partial charge on any atom is -0.406 e. The fourth-order valence-corrected chi connectivity index (χ4v) is 1.04. The summed E-state index contributed by atoms with van der Waals surface area (Å²) in [6.45, 7) is 2.75. The van der Waals surface area contributed by atoms with E-state index in [4.69, 9.17) is 10.2 Å². The highest BCUT2D eigenvalue weighted by molar-refractivity contribution is 5.17. The van der Waals surface area contributed by atoms with E-state index in [1.807, 2.05) is 6.92 Å². The number of nitrogens with two attached hydrogens (primary N) is 1. The third-order valence-corrected chi connectivity index (χ3v) is 2.07. The van der Waals surface area contributed by atoms with Gasteiger partial charge in [-0.25, -0.2) is 0 Å². The van der Waals surface area contributed by atoms with Crippen molar-refractivity contribution in [3.8, 4) is 0 Å². The van der Waals surface area contributed by atoms with Crippen molar-refractivity contribution < 1.29 is 4.42 Å². The van der Waals surface area contributed by atoms with E-state index in [9.17, 15) is 0 Å². The zero-order chi connectivity index (χ0) is 9.26. The summed E-state index contributed by atoms with van der Waals surface area (Å²) in [7, 11) is 0. The Hall–Kier alpha value is -1.10. The fraction of sp³-hybridized carbons (Fsp3) is 0.750. The van der Waals surface area contributed by atoms with Crippen LogP contribution in [-0.4, -0.2) is 16.7 Å². The van der Waals surface area contributed by atoms with E-state index in [0.717, 1.165) is 12.5 Å². The third-order valence-electron chi connectivity index (χ3n) is 2.07. The Morgan fingerprint density at radius 2 is 2.38 bits per heavy atom. The molecule has 0 radical (unpaired) electrons. The highest BCUT2D eigenvalue weighted by Gasteiger charge is 2.21. The van der Waals surface area contributed by atoms with Crippen LogP contribution < -0.4 is 11.1 Å². The lowest BCUT2D eigenvalue weighted by Crippen LogP contribution is -2.05. The maximum Gasteiger partial charge on any atom is 0.315 e.